The van der Waals surface area contributed by atoms with Gasteiger partial charge >= 0.3 is 5.97 Å². The molecule has 3 atom stereocenters. The van der Waals surface area contributed by atoms with Crippen molar-refractivity contribution in [2.45, 2.75) is 25.0 Å². The number of carbonyl (C=O) groups is 1. The van der Waals surface area contributed by atoms with Gasteiger partial charge in [0.1, 0.15) is 0 Å². The van der Waals surface area contributed by atoms with Gasteiger partial charge in [0.05, 0.1) is 12.0 Å². The van der Waals surface area contributed by atoms with E-state index in [2.05, 4.69) is 0 Å². The summed E-state index contributed by atoms with van der Waals surface area (Å²) in [4.78, 5) is 10.3. The van der Waals surface area contributed by atoms with Crippen LogP contribution in [0.1, 0.15) is 12.8 Å². The molecule has 0 aromatic rings. The lowest BCUT2D eigenvalue weighted by molar-refractivity contribution is -0.141. The molecule has 0 aromatic heterocycles. The zero-order chi connectivity index (χ0) is 7.72. The van der Waals surface area contributed by atoms with Crippen LogP contribution in [0.4, 0.5) is 0 Å². The first-order chi connectivity index (χ1) is 4.61. The molecule has 0 saturated heterocycles. The second kappa shape index (κ2) is 2.56. The maximum Gasteiger partial charge on any atom is 0.306 e. The van der Waals surface area contributed by atoms with Gasteiger partial charge in [-0.1, -0.05) is 0 Å². The molecule has 1 saturated carbocycles. The highest BCUT2D eigenvalue weighted by Gasteiger charge is 2.34. The molecular formula is C6H11NO3. The first-order valence-electron chi connectivity index (χ1n) is 3.27. The van der Waals surface area contributed by atoms with Crippen molar-refractivity contribution in [3.8, 4) is 0 Å². The number of carboxylic acid groups (broad SMARTS) is 1. The van der Waals surface area contributed by atoms with Crippen molar-refractivity contribution >= 4 is 5.97 Å². The van der Waals surface area contributed by atoms with Crippen molar-refractivity contribution in [3.63, 3.8) is 0 Å². The van der Waals surface area contributed by atoms with Gasteiger partial charge in [-0.25, -0.2) is 0 Å². The molecule has 1 fully saturated rings. The molecule has 0 radical (unpaired) electrons. The predicted octanol–water partition coefficient (Wildman–Crippen LogP) is -0.831. The fourth-order valence-electron chi connectivity index (χ4n) is 1.25. The fourth-order valence-corrected chi connectivity index (χ4v) is 1.25. The third-order valence-corrected chi connectivity index (χ3v) is 1.93. The lowest BCUT2D eigenvalue weighted by atomic mass is 10.1. The number of aliphatic hydroxyl groups excluding tert-OH is 1. The number of hydrogen-bond donors (Lipinski definition) is 3. The summed E-state index contributed by atoms with van der Waals surface area (Å²) in [5.74, 6) is -1.29. The number of nitrogens with two attached hydrogens (primary N) is 1. The first-order valence-corrected chi connectivity index (χ1v) is 3.27. The summed E-state index contributed by atoms with van der Waals surface area (Å²) in [6, 6.07) is -0.346. The van der Waals surface area contributed by atoms with Crippen LogP contribution in [0.25, 0.3) is 0 Å². The Morgan fingerprint density at radius 1 is 1.50 bits per heavy atom. The molecule has 10 heavy (non-hydrogen) atoms. The van der Waals surface area contributed by atoms with E-state index in [0.717, 1.165) is 0 Å². The highest BCUT2D eigenvalue weighted by Crippen LogP contribution is 2.24. The summed E-state index contributed by atoms with van der Waals surface area (Å²) < 4.78 is 0. The zero-order valence-electron chi connectivity index (χ0n) is 5.53. The van der Waals surface area contributed by atoms with Crippen LogP contribution in [0, 0.1) is 5.92 Å². The standard InChI is InChI=1S/C6H11NO3/c7-4-1-3(6(9)10)2-5(4)8/h3-5,8H,1-2,7H2,(H,9,10)/t3-,4?,5?/m0/s1. The molecule has 1 aliphatic rings. The number of carboxylic acids is 1. The normalized spacial score (nSPS) is 40.0. The average molecular weight is 145 g/mol. The molecule has 0 spiro atoms. The second-order valence-corrected chi connectivity index (χ2v) is 2.74. The Bertz CT molecular complexity index is 138. The minimum absolute atomic E-state index is 0.302. The van der Waals surface area contributed by atoms with E-state index in [4.69, 9.17) is 15.9 Å². The second-order valence-electron chi connectivity index (χ2n) is 2.74. The van der Waals surface area contributed by atoms with Crippen molar-refractivity contribution in [2.75, 3.05) is 0 Å². The van der Waals surface area contributed by atoms with Crippen molar-refractivity contribution in [1.29, 1.82) is 0 Å². The molecule has 0 amide bonds. The first kappa shape index (κ1) is 7.50. The predicted molar refractivity (Wildman–Crippen MR) is 34.3 cm³/mol. The van der Waals surface area contributed by atoms with E-state index >= 15 is 0 Å². The number of hydrogen-bond acceptors (Lipinski definition) is 3. The van der Waals surface area contributed by atoms with E-state index in [9.17, 15) is 4.79 Å². The number of aliphatic hydroxyl groups is 1. The quantitative estimate of drug-likeness (QED) is 0.449. The lowest BCUT2D eigenvalue weighted by Gasteiger charge is -2.04. The fraction of sp³-hybridized carbons (Fsp3) is 0.833. The smallest absolute Gasteiger partial charge is 0.306 e. The molecule has 0 heterocycles. The highest BCUT2D eigenvalue weighted by molar-refractivity contribution is 5.70. The number of aliphatic carboxylic acids is 1. The van der Waals surface area contributed by atoms with Gasteiger partial charge in [0.15, 0.2) is 0 Å². The van der Waals surface area contributed by atoms with Crippen molar-refractivity contribution in [1.82, 2.24) is 0 Å². The number of rotatable bonds is 1. The molecule has 0 aromatic carbocycles. The highest BCUT2D eigenvalue weighted by atomic mass is 16.4. The van der Waals surface area contributed by atoms with Gasteiger partial charge in [0.2, 0.25) is 0 Å². The molecule has 0 aliphatic heterocycles. The summed E-state index contributed by atoms with van der Waals surface area (Å²) in [7, 11) is 0. The molecule has 4 heteroatoms. The maximum absolute atomic E-state index is 10.3. The third-order valence-electron chi connectivity index (χ3n) is 1.93. The van der Waals surface area contributed by atoms with Crippen LogP contribution in [0.5, 0.6) is 0 Å². The molecule has 58 valence electrons. The Labute approximate surface area is 58.6 Å². The molecule has 2 unspecified atom stereocenters. The average Bonchev–Trinajstić information content (AvgIpc) is 2.13. The summed E-state index contributed by atoms with van der Waals surface area (Å²) in [5, 5.41) is 17.5. The largest absolute Gasteiger partial charge is 0.481 e. The molecule has 4 N–H and O–H groups in total. The van der Waals surface area contributed by atoms with Crippen LogP contribution in [-0.2, 0) is 4.79 Å². The minimum atomic E-state index is -0.855. The summed E-state index contributed by atoms with van der Waals surface area (Å²) in [6.07, 6.45) is 0.0774. The maximum atomic E-state index is 10.3. The van der Waals surface area contributed by atoms with E-state index in [1.165, 1.54) is 0 Å². The van der Waals surface area contributed by atoms with Gasteiger partial charge in [-0.2, -0.15) is 0 Å². The Morgan fingerprint density at radius 2 is 2.10 bits per heavy atom. The third kappa shape index (κ3) is 1.27. The Balaban J connectivity index is 2.49. The van der Waals surface area contributed by atoms with Gasteiger partial charge in [-0.3, -0.25) is 4.79 Å². The van der Waals surface area contributed by atoms with E-state index in [-0.39, 0.29) is 6.04 Å². The van der Waals surface area contributed by atoms with Gasteiger partial charge in [-0.05, 0) is 12.8 Å². The van der Waals surface area contributed by atoms with Crippen LogP contribution in [-0.4, -0.2) is 28.3 Å². The van der Waals surface area contributed by atoms with E-state index in [0.29, 0.717) is 12.8 Å². The molecular weight excluding hydrogens is 134 g/mol. The Kier molecular flexibility index (Phi) is 1.92. The monoisotopic (exact) mass is 145 g/mol. The lowest BCUT2D eigenvalue weighted by Crippen LogP contribution is -2.28. The van der Waals surface area contributed by atoms with Crippen molar-refractivity contribution < 1.29 is 15.0 Å². The van der Waals surface area contributed by atoms with Crippen molar-refractivity contribution in [3.05, 3.63) is 0 Å². The van der Waals surface area contributed by atoms with Crippen molar-refractivity contribution in [2.24, 2.45) is 11.7 Å². The molecule has 0 bridgehead atoms. The summed E-state index contributed by atoms with van der Waals surface area (Å²) >= 11 is 0. The SMILES string of the molecule is NC1C[C@H](C(=O)O)CC1O. The van der Waals surface area contributed by atoms with Gasteiger partial charge in [0, 0.05) is 6.04 Å². The van der Waals surface area contributed by atoms with E-state index in [1.807, 2.05) is 0 Å². The van der Waals surface area contributed by atoms with Gasteiger partial charge in [0.25, 0.3) is 0 Å². The van der Waals surface area contributed by atoms with E-state index in [1.54, 1.807) is 0 Å². The molecule has 4 nitrogen and oxygen atoms in total. The van der Waals surface area contributed by atoms with E-state index < -0.39 is 18.0 Å². The Morgan fingerprint density at radius 3 is 2.30 bits per heavy atom. The summed E-state index contributed by atoms with van der Waals surface area (Å²) in [6.45, 7) is 0. The van der Waals surface area contributed by atoms with Gasteiger partial charge < -0.3 is 15.9 Å². The zero-order valence-corrected chi connectivity index (χ0v) is 5.53. The topological polar surface area (TPSA) is 83.6 Å². The van der Waals surface area contributed by atoms with Crippen LogP contribution < -0.4 is 5.73 Å². The van der Waals surface area contributed by atoms with Gasteiger partial charge in [-0.15, -0.1) is 0 Å². The summed E-state index contributed by atoms with van der Waals surface area (Å²) in [5.41, 5.74) is 5.39. The minimum Gasteiger partial charge on any atom is -0.481 e. The van der Waals surface area contributed by atoms with Crippen LogP contribution in [0.3, 0.4) is 0 Å². The molecule has 1 aliphatic carbocycles. The molecule has 1 rings (SSSR count). The van der Waals surface area contributed by atoms with Crippen LogP contribution in [0.2, 0.25) is 0 Å². The van der Waals surface area contributed by atoms with Crippen LogP contribution >= 0.6 is 0 Å². The Hall–Kier alpha value is -0.610. The van der Waals surface area contributed by atoms with Crippen LogP contribution in [0.15, 0.2) is 0 Å².